The molecule has 5 nitrogen and oxygen atoms in total. The molecule has 1 unspecified atom stereocenters. The number of likely N-dealkylation sites (N-methyl/N-ethyl adjacent to an activating group) is 1. The van der Waals surface area contributed by atoms with E-state index < -0.39 is 6.10 Å². The van der Waals surface area contributed by atoms with Crippen molar-refractivity contribution in [2.75, 3.05) is 20.7 Å². The molecule has 22 heavy (non-hydrogen) atoms. The lowest BCUT2D eigenvalue weighted by atomic mass is 9.87. The van der Waals surface area contributed by atoms with Gasteiger partial charge in [0.05, 0.1) is 19.3 Å². The summed E-state index contributed by atoms with van der Waals surface area (Å²) in [6.45, 7) is 0.463. The Morgan fingerprint density at radius 1 is 1.09 bits per heavy atom. The van der Waals surface area contributed by atoms with Crippen molar-refractivity contribution < 1.29 is 20.1 Å². The van der Waals surface area contributed by atoms with E-state index in [0.29, 0.717) is 12.3 Å². The number of fused-ring (bicyclic) bond motifs is 1. The summed E-state index contributed by atoms with van der Waals surface area (Å²) in [7, 11) is 3.45. The minimum Gasteiger partial charge on any atom is -0.508 e. The molecule has 3 N–H and O–H groups in total. The van der Waals surface area contributed by atoms with E-state index in [1.165, 1.54) is 7.11 Å². The van der Waals surface area contributed by atoms with Crippen LogP contribution in [0.4, 0.5) is 0 Å². The van der Waals surface area contributed by atoms with Crippen LogP contribution in [0.3, 0.4) is 0 Å². The first-order valence-electron chi connectivity index (χ1n) is 7.09. The highest BCUT2D eigenvalue weighted by molar-refractivity contribution is 5.48. The number of aliphatic hydroxyl groups excluding tert-OH is 1. The Hall–Kier alpha value is -2.24. The van der Waals surface area contributed by atoms with Gasteiger partial charge < -0.3 is 20.1 Å². The first-order valence-corrected chi connectivity index (χ1v) is 7.09. The number of β-amino-alcohol motifs (C(OH)–C–C–N with tert-alkyl or cyclic N) is 1. The Morgan fingerprint density at radius 3 is 2.59 bits per heavy atom. The van der Waals surface area contributed by atoms with Crippen LogP contribution in [0, 0.1) is 0 Å². The normalized spacial score (nSPS) is 21.4. The molecule has 2 aromatic rings. The second kappa shape index (κ2) is 5.51. The van der Waals surface area contributed by atoms with Crippen LogP contribution in [0.25, 0.3) is 0 Å². The van der Waals surface area contributed by atoms with Crippen molar-refractivity contribution in [1.82, 2.24) is 4.90 Å². The Bertz CT molecular complexity index is 701. The van der Waals surface area contributed by atoms with E-state index in [0.717, 1.165) is 16.7 Å². The summed E-state index contributed by atoms with van der Waals surface area (Å²) in [5, 5.41) is 29.7. The number of aliphatic hydroxyl groups is 1. The summed E-state index contributed by atoms with van der Waals surface area (Å²) >= 11 is 0. The molecule has 0 saturated carbocycles. The second-order valence-electron chi connectivity index (χ2n) is 5.60. The van der Waals surface area contributed by atoms with Gasteiger partial charge in [-0.05, 0) is 48.0 Å². The number of benzene rings is 2. The Morgan fingerprint density at radius 2 is 1.86 bits per heavy atom. The molecule has 0 aromatic heterocycles. The van der Waals surface area contributed by atoms with Crippen LogP contribution in [-0.4, -0.2) is 40.9 Å². The smallest absolute Gasteiger partial charge is 0.160 e. The largest absolute Gasteiger partial charge is 0.508 e. The van der Waals surface area contributed by atoms with Gasteiger partial charge in [-0.1, -0.05) is 12.1 Å². The molecule has 3 rings (SSSR count). The zero-order valence-corrected chi connectivity index (χ0v) is 12.5. The van der Waals surface area contributed by atoms with Crippen molar-refractivity contribution >= 4 is 0 Å². The predicted octanol–water partition coefficient (Wildman–Crippen LogP) is 2.17. The first kappa shape index (κ1) is 14.7. The van der Waals surface area contributed by atoms with Crippen LogP contribution >= 0.6 is 0 Å². The Labute approximate surface area is 129 Å². The fraction of sp³-hybridized carbons (Fsp3) is 0.294. The lowest BCUT2D eigenvalue weighted by Crippen LogP contribution is -2.35. The third kappa shape index (κ3) is 2.38. The number of methoxy groups -OCH3 is 1. The van der Waals surface area contributed by atoms with E-state index >= 15 is 0 Å². The van der Waals surface area contributed by atoms with Gasteiger partial charge in [-0.2, -0.15) is 0 Å². The van der Waals surface area contributed by atoms with E-state index in [4.69, 9.17) is 4.74 Å². The molecule has 0 fully saturated rings. The highest BCUT2D eigenvalue weighted by atomic mass is 16.5. The molecule has 0 radical (unpaired) electrons. The number of phenols is 2. The molecular weight excluding hydrogens is 282 g/mol. The molecule has 0 aliphatic carbocycles. The quantitative estimate of drug-likeness (QED) is 0.793. The van der Waals surface area contributed by atoms with Crippen LogP contribution in [0.15, 0.2) is 36.4 Å². The van der Waals surface area contributed by atoms with Crippen molar-refractivity contribution in [2.24, 2.45) is 0 Å². The maximum atomic E-state index is 10.2. The average molecular weight is 301 g/mol. The minimum absolute atomic E-state index is 0.0755. The summed E-state index contributed by atoms with van der Waals surface area (Å²) in [5.41, 5.74) is 2.62. The molecule has 2 aromatic carbocycles. The monoisotopic (exact) mass is 301 g/mol. The molecule has 0 saturated heterocycles. The topological polar surface area (TPSA) is 73.2 Å². The van der Waals surface area contributed by atoms with Gasteiger partial charge in [0.25, 0.3) is 0 Å². The van der Waals surface area contributed by atoms with E-state index in [9.17, 15) is 15.3 Å². The van der Waals surface area contributed by atoms with Gasteiger partial charge in [0, 0.05) is 6.54 Å². The zero-order valence-electron chi connectivity index (χ0n) is 12.5. The fourth-order valence-electron chi connectivity index (χ4n) is 3.11. The number of hydrogen-bond donors (Lipinski definition) is 3. The summed E-state index contributed by atoms with van der Waals surface area (Å²) < 4.78 is 5.18. The van der Waals surface area contributed by atoms with E-state index in [1.54, 1.807) is 24.3 Å². The van der Waals surface area contributed by atoms with Gasteiger partial charge in [0.2, 0.25) is 0 Å². The van der Waals surface area contributed by atoms with Crippen molar-refractivity contribution in [1.29, 1.82) is 0 Å². The molecule has 5 heteroatoms. The van der Waals surface area contributed by atoms with Gasteiger partial charge >= 0.3 is 0 Å². The van der Waals surface area contributed by atoms with Crippen LogP contribution in [0.2, 0.25) is 0 Å². The molecule has 0 spiro atoms. The molecule has 1 heterocycles. The van der Waals surface area contributed by atoms with E-state index in [2.05, 4.69) is 0 Å². The summed E-state index contributed by atoms with van der Waals surface area (Å²) in [5.74, 6) is 0.650. The van der Waals surface area contributed by atoms with Gasteiger partial charge in [0.15, 0.2) is 11.5 Å². The van der Waals surface area contributed by atoms with Gasteiger partial charge in [0.1, 0.15) is 5.75 Å². The number of aromatic hydroxyl groups is 2. The maximum absolute atomic E-state index is 10.2. The summed E-state index contributed by atoms with van der Waals surface area (Å²) in [6, 6.07) is 10.2. The number of phenolic OH excluding ortho intramolecular Hbond substituents is 2. The van der Waals surface area contributed by atoms with Gasteiger partial charge in [-0.25, -0.2) is 0 Å². The SMILES string of the molecule is COc1cc(C2c3ccc(O)cc3[C@@H](O)CN2C)ccc1O. The number of rotatable bonds is 2. The zero-order chi connectivity index (χ0) is 15.9. The second-order valence-corrected chi connectivity index (χ2v) is 5.60. The maximum Gasteiger partial charge on any atom is 0.160 e. The molecular formula is C17H19NO4. The van der Waals surface area contributed by atoms with Gasteiger partial charge in [-0.15, -0.1) is 0 Å². The highest BCUT2D eigenvalue weighted by Gasteiger charge is 2.31. The highest BCUT2D eigenvalue weighted by Crippen LogP contribution is 2.41. The lowest BCUT2D eigenvalue weighted by molar-refractivity contribution is 0.0941. The minimum atomic E-state index is -0.637. The predicted molar refractivity (Wildman–Crippen MR) is 82.2 cm³/mol. The lowest BCUT2D eigenvalue weighted by Gasteiger charge is -2.37. The van der Waals surface area contributed by atoms with Gasteiger partial charge in [-0.3, -0.25) is 4.90 Å². The Kier molecular flexibility index (Phi) is 3.68. The van der Waals surface area contributed by atoms with Crippen LogP contribution in [0.1, 0.15) is 28.8 Å². The third-order valence-electron chi connectivity index (χ3n) is 4.15. The van der Waals surface area contributed by atoms with Crippen LogP contribution in [-0.2, 0) is 0 Å². The molecule has 116 valence electrons. The number of nitrogens with zero attached hydrogens (tertiary/aromatic N) is 1. The molecule has 1 aliphatic rings. The van der Waals surface area contributed by atoms with Crippen molar-refractivity contribution in [3.8, 4) is 17.2 Å². The van der Waals surface area contributed by atoms with Crippen molar-refractivity contribution in [3.63, 3.8) is 0 Å². The molecule has 0 amide bonds. The van der Waals surface area contributed by atoms with Crippen LogP contribution in [0.5, 0.6) is 17.2 Å². The fourth-order valence-corrected chi connectivity index (χ4v) is 3.11. The summed E-state index contributed by atoms with van der Waals surface area (Å²) in [6.07, 6.45) is -0.637. The summed E-state index contributed by atoms with van der Waals surface area (Å²) in [4.78, 5) is 2.04. The molecule has 2 atom stereocenters. The van der Waals surface area contributed by atoms with E-state index in [1.807, 2.05) is 24.1 Å². The van der Waals surface area contributed by atoms with Crippen molar-refractivity contribution in [3.05, 3.63) is 53.1 Å². The van der Waals surface area contributed by atoms with Crippen LogP contribution < -0.4 is 4.74 Å². The molecule has 0 bridgehead atoms. The standard InChI is InChI=1S/C17H19NO4/c1-18-9-15(21)13-8-11(19)4-5-12(13)17(18)10-3-6-14(20)16(7-10)22-2/h3-8,15,17,19-21H,9H2,1-2H3/t15-,17?/m0/s1. The molecule has 1 aliphatic heterocycles. The average Bonchev–Trinajstić information content (AvgIpc) is 2.49. The number of hydrogen-bond acceptors (Lipinski definition) is 5. The first-order chi connectivity index (χ1) is 10.5. The Balaban J connectivity index is 2.12. The number of ether oxygens (including phenoxy) is 1. The third-order valence-corrected chi connectivity index (χ3v) is 4.15. The van der Waals surface area contributed by atoms with E-state index in [-0.39, 0.29) is 17.5 Å². The van der Waals surface area contributed by atoms with Crippen molar-refractivity contribution in [2.45, 2.75) is 12.1 Å².